The lowest BCUT2D eigenvalue weighted by Crippen LogP contribution is -2.28. The highest BCUT2D eigenvalue weighted by atomic mass is 16.1. The summed E-state index contributed by atoms with van der Waals surface area (Å²) < 4.78 is 0. The van der Waals surface area contributed by atoms with Crippen molar-refractivity contribution >= 4 is 5.91 Å². The number of carbonyl (C=O) groups is 1. The Bertz CT molecular complexity index is 534. The number of hydrogen-bond acceptors (Lipinski definition) is 2. The summed E-state index contributed by atoms with van der Waals surface area (Å²) >= 11 is 0. The van der Waals surface area contributed by atoms with Crippen LogP contribution in [-0.2, 0) is 11.2 Å². The Morgan fingerprint density at radius 2 is 1.95 bits per heavy atom. The molecule has 19 heavy (non-hydrogen) atoms. The topological polar surface area (TPSA) is 42.0 Å². The zero-order chi connectivity index (χ0) is 13.7. The van der Waals surface area contributed by atoms with Gasteiger partial charge in [-0.15, -0.1) is 0 Å². The van der Waals surface area contributed by atoms with Crippen molar-refractivity contribution in [1.82, 2.24) is 10.3 Å². The molecule has 3 nitrogen and oxygen atoms in total. The summed E-state index contributed by atoms with van der Waals surface area (Å²) in [6.45, 7) is 3.97. The highest BCUT2D eigenvalue weighted by Gasteiger charge is 2.10. The van der Waals surface area contributed by atoms with Crippen molar-refractivity contribution < 1.29 is 4.79 Å². The second-order valence-electron chi connectivity index (χ2n) is 4.71. The molecule has 1 aromatic carbocycles. The molecule has 0 aliphatic carbocycles. The molecule has 0 radical (unpaired) electrons. The molecule has 0 bridgehead atoms. The number of nitrogens with zero attached hydrogens (tertiary/aromatic N) is 1. The number of amides is 1. The van der Waals surface area contributed by atoms with Gasteiger partial charge in [0.15, 0.2) is 0 Å². The van der Waals surface area contributed by atoms with Gasteiger partial charge in [-0.3, -0.25) is 9.78 Å². The smallest absolute Gasteiger partial charge is 0.224 e. The number of rotatable bonds is 4. The fourth-order valence-electron chi connectivity index (χ4n) is 1.89. The third-order valence-corrected chi connectivity index (χ3v) is 2.99. The van der Waals surface area contributed by atoms with Crippen molar-refractivity contribution in [1.29, 1.82) is 0 Å². The van der Waals surface area contributed by atoms with Gasteiger partial charge >= 0.3 is 0 Å². The second-order valence-corrected chi connectivity index (χ2v) is 4.71. The summed E-state index contributed by atoms with van der Waals surface area (Å²) in [6, 6.07) is 13.6. The van der Waals surface area contributed by atoms with E-state index in [1.807, 2.05) is 56.3 Å². The number of carbonyl (C=O) groups excluding carboxylic acids is 1. The summed E-state index contributed by atoms with van der Waals surface area (Å²) in [5.74, 6) is 0.0157. The first-order valence-electron chi connectivity index (χ1n) is 6.41. The average molecular weight is 254 g/mol. The summed E-state index contributed by atoms with van der Waals surface area (Å²) in [4.78, 5) is 16.2. The molecule has 0 unspecified atom stereocenters. The first kappa shape index (κ1) is 13.3. The fourth-order valence-corrected chi connectivity index (χ4v) is 1.89. The number of aryl methyl sites for hydroxylation is 1. The minimum Gasteiger partial charge on any atom is -0.348 e. The quantitative estimate of drug-likeness (QED) is 0.911. The van der Waals surface area contributed by atoms with E-state index in [0.717, 1.165) is 11.3 Å². The van der Waals surface area contributed by atoms with Crippen LogP contribution in [0.4, 0.5) is 0 Å². The third-order valence-electron chi connectivity index (χ3n) is 2.99. The molecular formula is C16H18N2O. The molecule has 98 valence electrons. The maximum Gasteiger partial charge on any atom is 0.224 e. The first-order valence-corrected chi connectivity index (χ1v) is 6.41. The summed E-state index contributed by atoms with van der Waals surface area (Å²) in [5, 5.41) is 2.96. The van der Waals surface area contributed by atoms with E-state index >= 15 is 0 Å². The lowest BCUT2D eigenvalue weighted by Gasteiger charge is -2.13. The van der Waals surface area contributed by atoms with Crippen LogP contribution in [0.25, 0.3) is 0 Å². The second kappa shape index (κ2) is 6.14. The molecule has 0 fully saturated rings. The van der Waals surface area contributed by atoms with Crippen LogP contribution in [0.3, 0.4) is 0 Å². The van der Waals surface area contributed by atoms with Crippen LogP contribution in [0.2, 0.25) is 0 Å². The van der Waals surface area contributed by atoms with Crippen LogP contribution in [0.15, 0.2) is 48.7 Å². The lowest BCUT2D eigenvalue weighted by atomic mass is 10.1. The standard InChI is InChI=1S/C16H18N2O/c1-12-6-8-14(9-7-12)11-16(19)18-13(2)15-5-3-4-10-17-15/h3-10,13H,11H2,1-2H3,(H,18,19)/t13-/m1/s1. The van der Waals surface area contributed by atoms with E-state index in [9.17, 15) is 4.79 Å². The van der Waals surface area contributed by atoms with Crippen molar-refractivity contribution in [2.45, 2.75) is 26.3 Å². The van der Waals surface area contributed by atoms with Gasteiger partial charge in [-0.05, 0) is 31.5 Å². The number of benzene rings is 1. The largest absolute Gasteiger partial charge is 0.348 e. The Kier molecular flexibility index (Phi) is 4.29. The van der Waals surface area contributed by atoms with Gasteiger partial charge in [-0.25, -0.2) is 0 Å². The van der Waals surface area contributed by atoms with Gasteiger partial charge in [0.25, 0.3) is 0 Å². The van der Waals surface area contributed by atoms with Gasteiger partial charge in [0.2, 0.25) is 5.91 Å². The van der Waals surface area contributed by atoms with Crippen molar-refractivity contribution in [2.75, 3.05) is 0 Å². The Morgan fingerprint density at radius 1 is 1.21 bits per heavy atom. The minimum absolute atomic E-state index is 0.0157. The lowest BCUT2D eigenvalue weighted by molar-refractivity contribution is -0.121. The number of hydrogen-bond donors (Lipinski definition) is 1. The van der Waals surface area contributed by atoms with E-state index < -0.39 is 0 Å². The van der Waals surface area contributed by atoms with Gasteiger partial charge in [-0.2, -0.15) is 0 Å². The van der Waals surface area contributed by atoms with Crippen LogP contribution < -0.4 is 5.32 Å². The SMILES string of the molecule is Cc1ccc(CC(=O)N[C@H](C)c2ccccn2)cc1. The monoisotopic (exact) mass is 254 g/mol. The number of nitrogens with one attached hydrogen (secondary N) is 1. The normalized spacial score (nSPS) is 11.9. The summed E-state index contributed by atoms with van der Waals surface area (Å²) in [5.41, 5.74) is 3.10. The zero-order valence-corrected chi connectivity index (χ0v) is 11.3. The van der Waals surface area contributed by atoms with E-state index in [2.05, 4.69) is 10.3 Å². The third kappa shape index (κ3) is 3.91. The van der Waals surface area contributed by atoms with Crippen LogP contribution in [0.5, 0.6) is 0 Å². The van der Waals surface area contributed by atoms with Crippen LogP contribution in [0, 0.1) is 6.92 Å². The molecule has 0 aliphatic rings. The Morgan fingerprint density at radius 3 is 2.58 bits per heavy atom. The van der Waals surface area contributed by atoms with Crippen molar-refractivity contribution in [3.63, 3.8) is 0 Å². The van der Waals surface area contributed by atoms with Crippen LogP contribution in [-0.4, -0.2) is 10.9 Å². The van der Waals surface area contributed by atoms with E-state index in [1.54, 1.807) is 6.20 Å². The first-order chi connectivity index (χ1) is 9.15. The van der Waals surface area contributed by atoms with Gasteiger partial charge in [0.1, 0.15) is 0 Å². The molecule has 0 saturated carbocycles. The van der Waals surface area contributed by atoms with Gasteiger partial charge in [-0.1, -0.05) is 35.9 Å². The van der Waals surface area contributed by atoms with Gasteiger partial charge < -0.3 is 5.32 Å². The molecule has 1 amide bonds. The highest BCUT2D eigenvalue weighted by molar-refractivity contribution is 5.78. The van der Waals surface area contributed by atoms with E-state index in [4.69, 9.17) is 0 Å². The predicted molar refractivity (Wildman–Crippen MR) is 75.7 cm³/mol. The molecule has 1 aromatic heterocycles. The van der Waals surface area contributed by atoms with Crippen molar-refractivity contribution in [3.05, 3.63) is 65.5 Å². The van der Waals surface area contributed by atoms with Crippen LogP contribution in [0.1, 0.15) is 29.8 Å². The highest BCUT2D eigenvalue weighted by Crippen LogP contribution is 2.09. The molecule has 1 heterocycles. The number of pyridine rings is 1. The molecule has 1 N–H and O–H groups in total. The Labute approximate surface area is 113 Å². The summed E-state index contributed by atoms with van der Waals surface area (Å²) in [6.07, 6.45) is 2.13. The van der Waals surface area contributed by atoms with E-state index in [0.29, 0.717) is 6.42 Å². The summed E-state index contributed by atoms with van der Waals surface area (Å²) in [7, 11) is 0. The fraction of sp³-hybridized carbons (Fsp3) is 0.250. The van der Waals surface area contributed by atoms with Crippen molar-refractivity contribution in [2.24, 2.45) is 0 Å². The van der Waals surface area contributed by atoms with Gasteiger partial charge in [0, 0.05) is 6.20 Å². The minimum atomic E-state index is -0.0702. The predicted octanol–water partition coefficient (Wildman–Crippen LogP) is 2.81. The van der Waals surface area contributed by atoms with Gasteiger partial charge in [0.05, 0.1) is 18.2 Å². The molecule has 1 atom stereocenters. The molecule has 0 aliphatic heterocycles. The van der Waals surface area contributed by atoms with Crippen molar-refractivity contribution in [3.8, 4) is 0 Å². The number of aromatic nitrogens is 1. The molecule has 2 rings (SSSR count). The molecule has 0 spiro atoms. The maximum absolute atomic E-state index is 11.9. The van der Waals surface area contributed by atoms with E-state index in [-0.39, 0.29) is 11.9 Å². The molecule has 0 saturated heterocycles. The zero-order valence-electron chi connectivity index (χ0n) is 11.3. The van der Waals surface area contributed by atoms with Crippen LogP contribution >= 0.6 is 0 Å². The molecular weight excluding hydrogens is 236 g/mol. The Hall–Kier alpha value is -2.16. The average Bonchev–Trinajstić information content (AvgIpc) is 2.42. The molecule has 2 aromatic rings. The molecule has 3 heteroatoms. The Balaban J connectivity index is 1.93. The van der Waals surface area contributed by atoms with E-state index in [1.165, 1.54) is 5.56 Å². The maximum atomic E-state index is 11.9.